The molecule has 0 saturated heterocycles. The Hall–Kier alpha value is -2.38. The summed E-state index contributed by atoms with van der Waals surface area (Å²) in [5, 5.41) is 16.8. The van der Waals surface area contributed by atoms with Gasteiger partial charge in [-0.1, -0.05) is 6.07 Å². The molecule has 0 saturated carbocycles. The van der Waals surface area contributed by atoms with Crippen molar-refractivity contribution in [2.24, 2.45) is 0 Å². The van der Waals surface area contributed by atoms with Crippen molar-refractivity contribution < 1.29 is 19.4 Å². The fourth-order valence-corrected chi connectivity index (χ4v) is 2.89. The molecule has 1 aromatic carbocycles. The van der Waals surface area contributed by atoms with E-state index in [0.29, 0.717) is 11.4 Å². The van der Waals surface area contributed by atoms with Crippen LogP contribution >= 0.6 is 11.3 Å². The smallest absolute Gasteiger partial charge is 0.313 e. The molecule has 0 aliphatic heterocycles. The summed E-state index contributed by atoms with van der Waals surface area (Å²) in [7, 11) is 1.52. The van der Waals surface area contributed by atoms with Crippen LogP contribution in [0.1, 0.15) is 16.5 Å². The van der Waals surface area contributed by atoms with Crippen molar-refractivity contribution in [1.82, 2.24) is 5.32 Å². The SMILES string of the molecule is COc1cccc(NC(=O)C(=O)NCC(O)c2sccc2C)c1. The molecule has 1 unspecified atom stereocenters. The molecule has 2 rings (SSSR count). The van der Waals surface area contributed by atoms with Gasteiger partial charge in [-0.2, -0.15) is 0 Å². The highest BCUT2D eigenvalue weighted by Crippen LogP contribution is 2.23. The highest BCUT2D eigenvalue weighted by Gasteiger charge is 2.17. The van der Waals surface area contributed by atoms with Gasteiger partial charge in [-0.25, -0.2) is 0 Å². The second kappa shape index (κ2) is 7.75. The molecule has 0 bridgehead atoms. The van der Waals surface area contributed by atoms with Crippen LogP contribution < -0.4 is 15.4 Å². The number of benzene rings is 1. The Balaban J connectivity index is 1.87. The zero-order chi connectivity index (χ0) is 16.8. The van der Waals surface area contributed by atoms with Crippen LogP contribution in [0.5, 0.6) is 5.75 Å². The summed E-state index contributed by atoms with van der Waals surface area (Å²) < 4.78 is 5.04. The largest absolute Gasteiger partial charge is 0.497 e. The lowest BCUT2D eigenvalue weighted by atomic mass is 10.2. The summed E-state index contributed by atoms with van der Waals surface area (Å²) in [5.74, 6) is -1.03. The lowest BCUT2D eigenvalue weighted by molar-refractivity contribution is -0.136. The summed E-state index contributed by atoms with van der Waals surface area (Å²) in [6, 6.07) is 8.58. The number of rotatable bonds is 5. The van der Waals surface area contributed by atoms with Gasteiger partial charge in [-0.3, -0.25) is 9.59 Å². The van der Waals surface area contributed by atoms with Crippen LogP contribution in [0.15, 0.2) is 35.7 Å². The Morgan fingerprint density at radius 3 is 2.74 bits per heavy atom. The van der Waals surface area contributed by atoms with Gasteiger partial charge < -0.3 is 20.5 Å². The van der Waals surface area contributed by atoms with E-state index in [9.17, 15) is 14.7 Å². The maximum atomic E-state index is 11.8. The Labute approximate surface area is 138 Å². The molecular formula is C16H18N2O4S. The number of hydrogen-bond acceptors (Lipinski definition) is 5. The van der Waals surface area contributed by atoms with Gasteiger partial charge in [0.15, 0.2) is 0 Å². The minimum atomic E-state index is -0.830. The Morgan fingerprint density at radius 2 is 2.09 bits per heavy atom. The zero-order valence-corrected chi connectivity index (χ0v) is 13.6. The molecule has 23 heavy (non-hydrogen) atoms. The molecule has 0 spiro atoms. The van der Waals surface area contributed by atoms with E-state index in [1.165, 1.54) is 18.4 Å². The topological polar surface area (TPSA) is 87.7 Å². The maximum absolute atomic E-state index is 11.8. The van der Waals surface area contributed by atoms with Gasteiger partial charge in [0.25, 0.3) is 0 Å². The molecule has 1 atom stereocenters. The van der Waals surface area contributed by atoms with E-state index in [4.69, 9.17) is 4.74 Å². The molecule has 0 aliphatic carbocycles. The van der Waals surface area contributed by atoms with E-state index in [2.05, 4.69) is 10.6 Å². The third-order valence-corrected chi connectivity index (χ3v) is 4.31. The molecule has 1 aromatic heterocycles. The van der Waals surface area contributed by atoms with Crippen molar-refractivity contribution in [3.8, 4) is 5.75 Å². The first kappa shape index (κ1) is 17.0. The molecule has 0 radical (unpaired) electrons. The van der Waals surface area contributed by atoms with Crippen LogP contribution in [0.4, 0.5) is 5.69 Å². The summed E-state index contributed by atoms with van der Waals surface area (Å²) >= 11 is 1.41. The molecule has 7 heteroatoms. The molecule has 1 heterocycles. The van der Waals surface area contributed by atoms with E-state index < -0.39 is 17.9 Å². The predicted molar refractivity (Wildman–Crippen MR) is 88.6 cm³/mol. The number of ether oxygens (including phenoxy) is 1. The molecule has 6 nitrogen and oxygen atoms in total. The zero-order valence-electron chi connectivity index (χ0n) is 12.8. The van der Waals surface area contributed by atoms with E-state index in [-0.39, 0.29) is 6.54 Å². The van der Waals surface area contributed by atoms with Gasteiger partial charge in [0.1, 0.15) is 11.9 Å². The molecule has 122 valence electrons. The first-order valence-corrected chi connectivity index (χ1v) is 7.84. The van der Waals surface area contributed by atoms with Crippen LogP contribution in [-0.2, 0) is 9.59 Å². The quantitative estimate of drug-likeness (QED) is 0.728. The Bertz CT molecular complexity index is 699. The number of nitrogens with one attached hydrogen (secondary N) is 2. The van der Waals surface area contributed by atoms with Crippen molar-refractivity contribution >= 4 is 28.8 Å². The second-order valence-corrected chi connectivity index (χ2v) is 5.83. The summed E-state index contributed by atoms with van der Waals surface area (Å²) in [4.78, 5) is 24.4. The number of aryl methyl sites for hydroxylation is 1. The van der Waals surface area contributed by atoms with Crippen LogP contribution in [0.2, 0.25) is 0 Å². The number of carbonyl (C=O) groups is 2. The first-order chi connectivity index (χ1) is 11.0. The number of aliphatic hydroxyl groups is 1. The number of hydrogen-bond donors (Lipinski definition) is 3. The second-order valence-electron chi connectivity index (χ2n) is 4.88. The van der Waals surface area contributed by atoms with Crippen LogP contribution in [0.3, 0.4) is 0 Å². The van der Waals surface area contributed by atoms with Crippen molar-refractivity contribution in [3.63, 3.8) is 0 Å². The average Bonchev–Trinajstić information content (AvgIpc) is 2.98. The Morgan fingerprint density at radius 1 is 1.30 bits per heavy atom. The van der Waals surface area contributed by atoms with Gasteiger partial charge in [0.2, 0.25) is 0 Å². The molecule has 0 fully saturated rings. The summed E-state index contributed by atoms with van der Waals surface area (Å²) in [5.41, 5.74) is 1.41. The van der Waals surface area contributed by atoms with E-state index in [1.54, 1.807) is 24.3 Å². The van der Waals surface area contributed by atoms with Crippen LogP contribution in [0, 0.1) is 6.92 Å². The monoisotopic (exact) mass is 334 g/mol. The van der Waals surface area contributed by atoms with Crippen LogP contribution in [0.25, 0.3) is 0 Å². The number of thiophene rings is 1. The van der Waals surface area contributed by atoms with Gasteiger partial charge in [-0.15, -0.1) is 11.3 Å². The lowest BCUT2D eigenvalue weighted by Gasteiger charge is -2.12. The van der Waals surface area contributed by atoms with Crippen molar-refractivity contribution in [3.05, 3.63) is 46.2 Å². The fourth-order valence-electron chi connectivity index (χ4n) is 1.98. The number of anilines is 1. The van der Waals surface area contributed by atoms with E-state index >= 15 is 0 Å². The number of aliphatic hydroxyl groups excluding tert-OH is 1. The van der Waals surface area contributed by atoms with Crippen molar-refractivity contribution in [1.29, 1.82) is 0 Å². The van der Waals surface area contributed by atoms with Gasteiger partial charge in [0, 0.05) is 23.2 Å². The third kappa shape index (κ3) is 4.54. The highest BCUT2D eigenvalue weighted by molar-refractivity contribution is 7.10. The molecule has 0 aliphatic rings. The molecule has 3 N–H and O–H groups in total. The number of carbonyl (C=O) groups excluding carboxylic acids is 2. The molecular weight excluding hydrogens is 316 g/mol. The third-order valence-electron chi connectivity index (χ3n) is 3.19. The minimum Gasteiger partial charge on any atom is -0.497 e. The normalized spacial score (nSPS) is 11.6. The predicted octanol–water partition coefficient (Wildman–Crippen LogP) is 1.85. The minimum absolute atomic E-state index is 0.0221. The van der Waals surface area contributed by atoms with Crippen molar-refractivity contribution in [2.75, 3.05) is 19.0 Å². The van der Waals surface area contributed by atoms with Gasteiger partial charge in [-0.05, 0) is 36.1 Å². The highest BCUT2D eigenvalue weighted by atomic mass is 32.1. The Kier molecular flexibility index (Phi) is 5.72. The maximum Gasteiger partial charge on any atom is 0.313 e. The van der Waals surface area contributed by atoms with E-state index in [1.807, 2.05) is 18.4 Å². The summed E-state index contributed by atoms with van der Waals surface area (Å²) in [6.07, 6.45) is -0.830. The number of amides is 2. The first-order valence-electron chi connectivity index (χ1n) is 6.96. The average molecular weight is 334 g/mol. The number of methoxy groups -OCH3 is 1. The van der Waals surface area contributed by atoms with Crippen LogP contribution in [-0.4, -0.2) is 30.6 Å². The fraction of sp³-hybridized carbons (Fsp3) is 0.250. The van der Waals surface area contributed by atoms with E-state index in [0.717, 1.165) is 10.4 Å². The standard InChI is InChI=1S/C16H18N2O4S/c1-10-6-7-23-14(10)13(19)9-17-15(20)16(21)18-11-4-3-5-12(8-11)22-2/h3-8,13,19H,9H2,1-2H3,(H,17,20)(H,18,21). The molecule has 2 amide bonds. The van der Waals surface area contributed by atoms with Gasteiger partial charge in [0.05, 0.1) is 7.11 Å². The molecule has 2 aromatic rings. The van der Waals surface area contributed by atoms with Crippen molar-refractivity contribution in [2.45, 2.75) is 13.0 Å². The lowest BCUT2D eigenvalue weighted by Crippen LogP contribution is -2.37. The van der Waals surface area contributed by atoms with Gasteiger partial charge >= 0.3 is 11.8 Å². The summed E-state index contributed by atoms with van der Waals surface area (Å²) in [6.45, 7) is 1.86.